The SMILES string of the molecule is C=C(C)C(=O)OC(CCO)CC1CCC(C2CCC(CCCCC)CC2)CC1. The molecule has 1 atom stereocenters. The van der Waals surface area contributed by atoms with Gasteiger partial charge in [0.15, 0.2) is 0 Å². The zero-order valence-electron chi connectivity index (χ0n) is 18.5. The van der Waals surface area contributed by atoms with E-state index in [0.717, 1.165) is 24.2 Å². The molecule has 2 rings (SSSR count). The summed E-state index contributed by atoms with van der Waals surface area (Å²) >= 11 is 0. The quantitative estimate of drug-likeness (QED) is 0.250. The molecule has 1 unspecified atom stereocenters. The van der Waals surface area contributed by atoms with Crippen LogP contribution in [0.15, 0.2) is 12.2 Å². The van der Waals surface area contributed by atoms with Crippen LogP contribution in [0.1, 0.15) is 104 Å². The average molecular weight is 393 g/mol. The highest BCUT2D eigenvalue weighted by Gasteiger charge is 2.32. The summed E-state index contributed by atoms with van der Waals surface area (Å²) in [6.45, 7) is 7.72. The van der Waals surface area contributed by atoms with Crippen molar-refractivity contribution in [1.29, 1.82) is 0 Å². The molecular weight excluding hydrogens is 348 g/mol. The Kier molecular flexibility index (Phi) is 10.6. The Morgan fingerprint density at radius 1 is 1.00 bits per heavy atom. The summed E-state index contributed by atoms with van der Waals surface area (Å²) in [5, 5.41) is 9.31. The van der Waals surface area contributed by atoms with Crippen molar-refractivity contribution >= 4 is 5.97 Å². The normalized spacial score (nSPS) is 29.2. The molecule has 3 heteroatoms. The minimum atomic E-state index is -0.317. The fourth-order valence-electron chi connectivity index (χ4n) is 5.52. The molecule has 0 aromatic rings. The highest BCUT2D eigenvalue weighted by Crippen LogP contribution is 2.43. The van der Waals surface area contributed by atoms with Crippen molar-refractivity contribution in [2.75, 3.05) is 6.61 Å². The van der Waals surface area contributed by atoms with Crippen molar-refractivity contribution in [3.05, 3.63) is 12.2 Å². The van der Waals surface area contributed by atoms with Gasteiger partial charge in [0.1, 0.15) is 6.10 Å². The lowest BCUT2D eigenvalue weighted by Gasteiger charge is -2.38. The van der Waals surface area contributed by atoms with E-state index in [1.165, 1.54) is 77.0 Å². The van der Waals surface area contributed by atoms with Gasteiger partial charge in [0.2, 0.25) is 0 Å². The lowest BCUT2D eigenvalue weighted by molar-refractivity contribution is -0.146. The Morgan fingerprint density at radius 2 is 1.57 bits per heavy atom. The first-order valence-corrected chi connectivity index (χ1v) is 12.0. The fourth-order valence-corrected chi connectivity index (χ4v) is 5.52. The van der Waals surface area contributed by atoms with E-state index >= 15 is 0 Å². The summed E-state index contributed by atoms with van der Waals surface area (Å²) < 4.78 is 5.55. The molecule has 2 saturated carbocycles. The van der Waals surface area contributed by atoms with Gasteiger partial charge in [-0.2, -0.15) is 0 Å². The molecule has 2 fully saturated rings. The molecule has 162 valence electrons. The fraction of sp³-hybridized carbons (Fsp3) is 0.880. The lowest BCUT2D eigenvalue weighted by Crippen LogP contribution is -2.28. The van der Waals surface area contributed by atoms with Gasteiger partial charge in [0.05, 0.1) is 0 Å². The first-order chi connectivity index (χ1) is 13.5. The third-order valence-electron chi connectivity index (χ3n) is 7.33. The van der Waals surface area contributed by atoms with E-state index in [-0.39, 0.29) is 18.7 Å². The number of aliphatic hydroxyl groups is 1. The summed E-state index contributed by atoms with van der Waals surface area (Å²) in [5.41, 5.74) is 0.442. The largest absolute Gasteiger partial charge is 0.459 e. The van der Waals surface area contributed by atoms with Gasteiger partial charge >= 0.3 is 5.97 Å². The number of carbonyl (C=O) groups excluding carboxylic acids is 1. The standard InChI is InChI=1S/C25H44O3/c1-4-5-6-7-20-8-12-22(13-9-20)23-14-10-21(11-15-23)18-24(16-17-26)28-25(27)19(2)3/h20-24,26H,2,4-18H2,1,3H3. The highest BCUT2D eigenvalue weighted by molar-refractivity contribution is 5.87. The predicted molar refractivity (Wildman–Crippen MR) is 116 cm³/mol. The molecule has 2 aliphatic rings. The number of hydrogen-bond donors (Lipinski definition) is 1. The number of hydrogen-bond acceptors (Lipinski definition) is 3. The minimum absolute atomic E-state index is 0.0744. The lowest BCUT2D eigenvalue weighted by atomic mass is 9.68. The molecule has 0 aromatic carbocycles. The van der Waals surface area contributed by atoms with Gasteiger partial charge in [-0.3, -0.25) is 0 Å². The van der Waals surface area contributed by atoms with Crippen LogP contribution in [0.3, 0.4) is 0 Å². The molecular formula is C25H44O3. The molecule has 2 aliphatic carbocycles. The van der Waals surface area contributed by atoms with Gasteiger partial charge in [-0.1, -0.05) is 64.9 Å². The van der Waals surface area contributed by atoms with E-state index < -0.39 is 0 Å². The Labute approximate surface area is 173 Å². The number of ether oxygens (including phenoxy) is 1. The number of rotatable bonds is 11. The molecule has 0 bridgehead atoms. The van der Waals surface area contributed by atoms with Gasteiger partial charge in [-0.15, -0.1) is 0 Å². The summed E-state index contributed by atoms with van der Waals surface area (Å²) in [6, 6.07) is 0. The number of aliphatic hydroxyl groups excluding tert-OH is 1. The number of carbonyl (C=O) groups is 1. The van der Waals surface area contributed by atoms with Gasteiger partial charge in [0, 0.05) is 18.6 Å². The molecule has 0 spiro atoms. The molecule has 0 aromatic heterocycles. The number of esters is 1. The van der Waals surface area contributed by atoms with Gasteiger partial charge < -0.3 is 9.84 Å². The van der Waals surface area contributed by atoms with Crippen LogP contribution < -0.4 is 0 Å². The topological polar surface area (TPSA) is 46.5 Å². The minimum Gasteiger partial charge on any atom is -0.459 e. The second-order valence-corrected chi connectivity index (χ2v) is 9.61. The van der Waals surface area contributed by atoms with Crippen molar-refractivity contribution in [1.82, 2.24) is 0 Å². The second kappa shape index (κ2) is 12.7. The third-order valence-corrected chi connectivity index (χ3v) is 7.33. The van der Waals surface area contributed by atoms with Crippen LogP contribution in [0.4, 0.5) is 0 Å². The second-order valence-electron chi connectivity index (χ2n) is 9.61. The summed E-state index contributed by atoms with van der Waals surface area (Å²) in [7, 11) is 0. The van der Waals surface area contributed by atoms with Crippen LogP contribution in [0, 0.1) is 23.7 Å². The van der Waals surface area contributed by atoms with Gasteiger partial charge in [-0.25, -0.2) is 4.79 Å². The highest BCUT2D eigenvalue weighted by atomic mass is 16.5. The van der Waals surface area contributed by atoms with E-state index in [9.17, 15) is 9.90 Å². The summed E-state index contributed by atoms with van der Waals surface area (Å²) in [5.74, 6) is 3.19. The van der Waals surface area contributed by atoms with Crippen molar-refractivity contribution in [3.63, 3.8) is 0 Å². The molecule has 3 nitrogen and oxygen atoms in total. The van der Waals surface area contributed by atoms with E-state index in [4.69, 9.17) is 4.74 Å². The van der Waals surface area contributed by atoms with Crippen LogP contribution in [-0.2, 0) is 9.53 Å². The van der Waals surface area contributed by atoms with E-state index in [2.05, 4.69) is 13.5 Å². The zero-order valence-corrected chi connectivity index (χ0v) is 18.5. The van der Waals surface area contributed by atoms with E-state index in [1.54, 1.807) is 6.92 Å². The first kappa shape index (κ1) is 23.4. The average Bonchev–Trinajstić information content (AvgIpc) is 2.69. The van der Waals surface area contributed by atoms with E-state index in [1.807, 2.05) is 0 Å². The summed E-state index contributed by atoms with van der Waals surface area (Å²) in [4.78, 5) is 11.8. The molecule has 0 radical (unpaired) electrons. The van der Waals surface area contributed by atoms with Crippen LogP contribution in [0.2, 0.25) is 0 Å². The summed E-state index contributed by atoms with van der Waals surface area (Å²) in [6.07, 6.45) is 18.0. The van der Waals surface area contributed by atoms with Crippen molar-refractivity contribution in [2.24, 2.45) is 23.7 Å². The maximum atomic E-state index is 11.8. The Bertz CT molecular complexity index is 456. The van der Waals surface area contributed by atoms with Crippen molar-refractivity contribution in [3.8, 4) is 0 Å². The third kappa shape index (κ3) is 7.89. The first-order valence-electron chi connectivity index (χ1n) is 12.0. The zero-order chi connectivity index (χ0) is 20.4. The maximum Gasteiger partial charge on any atom is 0.333 e. The van der Waals surface area contributed by atoms with Gasteiger partial charge in [-0.05, 0) is 62.7 Å². The van der Waals surface area contributed by atoms with Crippen molar-refractivity contribution in [2.45, 2.75) is 110 Å². The Hall–Kier alpha value is -0.830. The molecule has 0 saturated heterocycles. The van der Waals surface area contributed by atoms with Crippen LogP contribution in [0.25, 0.3) is 0 Å². The smallest absolute Gasteiger partial charge is 0.333 e. The number of unbranched alkanes of at least 4 members (excludes halogenated alkanes) is 2. The molecule has 28 heavy (non-hydrogen) atoms. The van der Waals surface area contributed by atoms with Crippen LogP contribution >= 0.6 is 0 Å². The maximum absolute atomic E-state index is 11.8. The monoisotopic (exact) mass is 392 g/mol. The Morgan fingerprint density at radius 3 is 2.07 bits per heavy atom. The molecule has 0 aliphatic heterocycles. The van der Waals surface area contributed by atoms with Gasteiger partial charge in [0.25, 0.3) is 0 Å². The van der Waals surface area contributed by atoms with Crippen LogP contribution in [0.5, 0.6) is 0 Å². The molecule has 0 heterocycles. The van der Waals surface area contributed by atoms with Crippen LogP contribution in [-0.4, -0.2) is 23.8 Å². The predicted octanol–water partition coefficient (Wildman–Crippen LogP) is 6.44. The molecule has 1 N–H and O–H groups in total. The van der Waals surface area contributed by atoms with E-state index in [0.29, 0.717) is 17.9 Å². The molecule has 0 amide bonds. The Balaban J connectivity index is 1.69. The van der Waals surface area contributed by atoms with Crippen molar-refractivity contribution < 1.29 is 14.6 Å².